The van der Waals surface area contributed by atoms with E-state index in [0.717, 1.165) is 26.1 Å². The molecule has 0 bridgehead atoms. The van der Waals surface area contributed by atoms with E-state index in [2.05, 4.69) is 39.9 Å². The second-order valence-electron chi connectivity index (χ2n) is 7.42. The van der Waals surface area contributed by atoms with Crippen LogP contribution in [-0.2, 0) is 11.3 Å². The summed E-state index contributed by atoms with van der Waals surface area (Å²) < 4.78 is 0. The standard InChI is InChI=1S/C19H28N4O2/c1-13-8-9-20-18(24)17(13)22-19(25)21-16-12-23(10-14(16)2)11-15-6-4-3-5-7-15/h3-7,13-14,16-17H,8-12H2,1-2H3,(H,20,24)(H2,21,22,25)/t13-,14-,16+,17-/m1/s1. The lowest BCUT2D eigenvalue weighted by atomic mass is 9.94. The molecule has 1 aromatic carbocycles. The fourth-order valence-electron chi connectivity index (χ4n) is 3.74. The van der Waals surface area contributed by atoms with Crippen molar-refractivity contribution in [3.05, 3.63) is 35.9 Å². The Bertz CT molecular complexity index is 607. The zero-order chi connectivity index (χ0) is 17.8. The Hall–Kier alpha value is -2.08. The van der Waals surface area contributed by atoms with Crippen LogP contribution in [0, 0.1) is 11.8 Å². The van der Waals surface area contributed by atoms with Crippen LogP contribution in [0.4, 0.5) is 4.79 Å². The zero-order valence-electron chi connectivity index (χ0n) is 15.0. The molecule has 0 aromatic heterocycles. The summed E-state index contributed by atoms with van der Waals surface area (Å²) in [4.78, 5) is 26.6. The minimum atomic E-state index is -0.439. The van der Waals surface area contributed by atoms with Crippen LogP contribution in [0.2, 0.25) is 0 Å². The van der Waals surface area contributed by atoms with E-state index in [9.17, 15) is 9.59 Å². The van der Waals surface area contributed by atoms with E-state index >= 15 is 0 Å². The predicted molar refractivity (Wildman–Crippen MR) is 96.9 cm³/mol. The van der Waals surface area contributed by atoms with Gasteiger partial charge in [0.05, 0.1) is 0 Å². The topological polar surface area (TPSA) is 73.5 Å². The van der Waals surface area contributed by atoms with Gasteiger partial charge in [0.15, 0.2) is 0 Å². The van der Waals surface area contributed by atoms with Crippen molar-refractivity contribution in [1.29, 1.82) is 0 Å². The first-order valence-electron chi connectivity index (χ1n) is 9.14. The second kappa shape index (κ2) is 7.87. The van der Waals surface area contributed by atoms with Gasteiger partial charge in [-0.1, -0.05) is 44.2 Å². The highest BCUT2D eigenvalue weighted by atomic mass is 16.2. The quantitative estimate of drug-likeness (QED) is 0.771. The number of nitrogens with zero attached hydrogens (tertiary/aromatic N) is 1. The molecule has 2 fully saturated rings. The lowest BCUT2D eigenvalue weighted by Gasteiger charge is -2.29. The largest absolute Gasteiger partial charge is 0.354 e. The third-order valence-corrected chi connectivity index (χ3v) is 5.29. The number of hydrogen-bond acceptors (Lipinski definition) is 3. The van der Waals surface area contributed by atoms with Crippen molar-refractivity contribution in [2.75, 3.05) is 19.6 Å². The smallest absolute Gasteiger partial charge is 0.315 e. The molecule has 0 unspecified atom stereocenters. The van der Waals surface area contributed by atoms with Gasteiger partial charge in [-0.15, -0.1) is 0 Å². The molecule has 2 aliphatic rings. The number of rotatable bonds is 4. The number of amides is 3. The van der Waals surface area contributed by atoms with Gasteiger partial charge in [-0.25, -0.2) is 4.79 Å². The van der Waals surface area contributed by atoms with Crippen molar-refractivity contribution in [1.82, 2.24) is 20.9 Å². The third kappa shape index (κ3) is 4.51. The maximum Gasteiger partial charge on any atom is 0.315 e. The van der Waals surface area contributed by atoms with Gasteiger partial charge in [0.1, 0.15) is 6.04 Å². The molecular formula is C19H28N4O2. The van der Waals surface area contributed by atoms with Crippen LogP contribution >= 0.6 is 0 Å². The molecular weight excluding hydrogens is 316 g/mol. The van der Waals surface area contributed by atoms with Crippen molar-refractivity contribution >= 4 is 11.9 Å². The first-order valence-corrected chi connectivity index (χ1v) is 9.14. The number of carbonyl (C=O) groups excluding carboxylic acids is 2. The summed E-state index contributed by atoms with van der Waals surface area (Å²) in [5, 5.41) is 8.73. The normalized spacial score (nSPS) is 29.9. The monoisotopic (exact) mass is 344 g/mol. The predicted octanol–water partition coefficient (Wildman–Crippen LogP) is 1.33. The van der Waals surface area contributed by atoms with Crippen LogP contribution in [0.5, 0.6) is 0 Å². The van der Waals surface area contributed by atoms with E-state index in [4.69, 9.17) is 0 Å². The molecule has 0 radical (unpaired) electrons. The average Bonchev–Trinajstić information content (AvgIpc) is 2.91. The number of nitrogens with one attached hydrogen (secondary N) is 3. The van der Waals surface area contributed by atoms with E-state index in [1.165, 1.54) is 5.56 Å². The maximum atomic E-state index is 12.3. The van der Waals surface area contributed by atoms with Crippen LogP contribution in [0.25, 0.3) is 0 Å². The van der Waals surface area contributed by atoms with Crippen molar-refractivity contribution in [3.8, 4) is 0 Å². The van der Waals surface area contributed by atoms with E-state index in [-0.39, 0.29) is 23.9 Å². The molecule has 2 saturated heterocycles. The highest BCUT2D eigenvalue weighted by molar-refractivity contribution is 5.87. The molecule has 6 heteroatoms. The van der Waals surface area contributed by atoms with Crippen LogP contribution in [-0.4, -0.2) is 48.6 Å². The molecule has 25 heavy (non-hydrogen) atoms. The Morgan fingerprint density at radius 2 is 1.92 bits per heavy atom. The molecule has 6 nitrogen and oxygen atoms in total. The van der Waals surface area contributed by atoms with Gasteiger partial charge < -0.3 is 16.0 Å². The van der Waals surface area contributed by atoms with Gasteiger partial charge in [0, 0.05) is 32.2 Å². The Kier molecular flexibility index (Phi) is 5.58. The maximum absolute atomic E-state index is 12.3. The van der Waals surface area contributed by atoms with Gasteiger partial charge in [0.25, 0.3) is 0 Å². The van der Waals surface area contributed by atoms with E-state index in [1.807, 2.05) is 25.1 Å². The van der Waals surface area contributed by atoms with Gasteiger partial charge in [-0.05, 0) is 23.8 Å². The van der Waals surface area contributed by atoms with Crippen molar-refractivity contribution < 1.29 is 9.59 Å². The number of urea groups is 1. The highest BCUT2D eigenvalue weighted by Gasteiger charge is 2.33. The van der Waals surface area contributed by atoms with E-state index < -0.39 is 6.04 Å². The first-order chi connectivity index (χ1) is 12.0. The summed E-state index contributed by atoms with van der Waals surface area (Å²) >= 11 is 0. The number of likely N-dealkylation sites (tertiary alicyclic amines) is 1. The summed E-state index contributed by atoms with van der Waals surface area (Å²) in [5.74, 6) is 0.459. The molecule has 136 valence electrons. The molecule has 0 spiro atoms. The second-order valence-corrected chi connectivity index (χ2v) is 7.42. The molecule has 3 N–H and O–H groups in total. The molecule has 1 aromatic rings. The molecule has 0 saturated carbocycles. The van der Waals surface area contributed by atoms with Gasteiger partial charge in [0.2, 0.25) is 5.91 Å². The van der Waals surface area contributed by atoms with Gasteiger partial charge in [-0.2, -0.15) is 0 Å². The number of carbonyl (C=O) groups is 2. The van der Waals surface area contributed by atoms with Crippen LogP contribution in [0.15, 0.2) is 30.3 Å². The van der Waals surface area contributed by atoms with Crippen molar-refractivity contribution in [2.45, 2.75) is 38.9 Å². The van der Waals surface area contributed by atoms with E-state index in [0.29, 0.717) is 12.5 Å². The summed E-state index contributed by atoms with van der Waals surface area (Å²) in [7, 11) is 0. The van der Waals surface area contributed by atoms with E-state index in [1.54, 1.807) is 0 Å². The molecule has 3 amide bonds. The zero-order valence-corrected chi connectivity index (χ0v) is 15.0. The fourth-order valence-corrected chi connectivity index (χ4v) is 3.74. The lowest BCUT2D eigenvalue weighted by Crippen LogP contribution is -2.57. The Morgan fingerprint density at radius 3 is 2.64 bits per heavy atom. The fraction of sp³-hybridized carbons (Fsp3) is 0.579. The summed E-state index contributed by atoms with van der Waals surface area (Å²) in [6.07, 6.45) is 0.890. The van der Waals surface area contributed by atoms with Crippen LogP contribution in [0.1, 0.15) is 25.8 Å². The summed E-state index contributed by atoms with van der Waals surface area (Å²) in [6.45, 7) is 7.53. The summed E-state index contributed by atoms with van der Waals surface area (Å²) in [6, 6.07) is 9.79. The Morgan fingerprint density at radius 1 is 1.16 bits per heavy atom. The minimum Gasteiger partial charge on any atom is -0.354 e. The minimum absolute atomic E-state index is 0.0842. The number of benzene rings is 1. The average molecular weight is 344 g/mol. The van der Waals surface area contributed by atoms with Gasteiger partial charge >= 0.3 is 6.03 Å². The number of hydrogen-bond donors (Lipinski definition) is 3. The molecule has 3 rings (SSSR count). The molecule has 0 aliphatic carbocycles. The molecule has 2 heterocycles. The Labute approximate surface area is 149 Å². The Balaban J connectivity index is 1.50. The third-order valence-electron chi connectivity index (χ3n) is 5.29. The van der Waals surface area contributed by atoms with Gasteiger partial charge in [-0.3, -0.25) is 9.69 Å². The first kappa shape index (κ1) is 17.7. The lowest BCUT2D eigenvalue weighted by molar-refractivity contribution is -0.125. The SMILES string of the molecule is C[C@@H]1CN(Cc2ccccc2)C[C@@H]1NC(=O)N[C@H]1C(=O)NCC[C@H]1C. The van der Waals surface area contributed by atoms with Crippen molar-refractivity contribution in [2.24, 2.45) is 11.8 Å². The van der Waals surface area contributed by atoms with Crippen LogP contribution in [0.3, 0.4) is 0 Å². The van der Waals surface area contributed by atoms with Crippen molar-refractivity contribution in [3.63, 3.8) is 0 Å². The molecule has 2 aliphatic heterocycles. The summed E-state index contributed by atoms with van der Waals surface area (Å²) in [5.41, 5.74) is 1.28. The molecule has 4 atom stereocenters. The van der Waals surface area contributed by atoms with Crippen LogP contribution < -0.4 is 16.0 Å². The number of piperidine rings is 1. The highest BCUT2D eigenvalue weighted by Crippen LogP contribution is 2.19.